The fourth-order valence-corrected chi connectivity index (χ4v) is 4.58. The fraction of sp³-hybridized carbons (Fsp3) is 0.214. The van der Waals surface area contributed by atoms with E-state index < -0.39 is 0 Å². The summed E-state index contributed by atoms with van der Waals surface area (Å²) in [5, 5.41) is 21.1. The van der Waals surface area contributed by atoms with Gasteiger partial charge in [-0.05, 0) is 48.7 Å². The predicted molar refractivity (Wildman–Crippen MR) is 137 cm³/mol. The molecular weight excluding hydrogens is 454 g/mol. The van der Waals surface area contributed by atoms with Crippen molar-refractivity contribution in [3.8, 4) is 17.0 Å². The number of anilines is 1. The second kappa shape index (κ2) is 10.4. The van der Waals surface area contributed by atoms with Crippen LogP contribution in [0.2, 0.25) is 0 Å². The van der Waals surface area contributed by atoms with Crippen molar-refractivity contribution in [2.24, 2.45) is 0 Å². The van der Waals surface area contributed by atoms with Crippen molar-refractivity contribution in [1.29, 1.82) is 0 Å². The third kappa shape index (κ3) is 5.12. The van der Waals surface area contributed by atoms with E-state index in [0.717, 1.165) is 36.9 Å². The van der Waals surface area contributed by atoms with Crippen molar-refractivity contribution in [3.05, 3.63) is 95.9 Å². The van der Waals surface area contributed by atoms with E-state index in [1.54, 1.807) is 30.5 Å². The van der Waals surface area contributed by atoms with Crippen LogP contribution in [0.1, 0.15) is 53.2 Å². The van der Waals surface area contributed by atoms with Crippen LogP contribution in [0.25, 0.3) is 11.3 Å². The Kier molecular flexibility index (Phi) is 6.75. The number of rotatable bonds is 6. The second-order valence-electron chi connectivity index (χ2n) is 8.92. The highest BCUT2D eigenvalue weighted by Gasteiger charge is 2.26. The topological polar surface area (TPSA) is 109 Å². The highest BCUT2D eigenvalue weighted by molar-refractivity contribution is 6.04. The number of phenolic OH excluding ortho intramolecular Hbond substituents is 1. The summed E-state index contributed by atoms with van der Waals surface area (Å²) in [4.78, 5) is 29.5. The molecule has 1 fully saturated rings. The molecule has 0 aliphatic heterocycles. The Hall–Kier alpha value is -4.46. The number of aromatic nitrogens is 3. The summed E-state index contributed by atoms with van der Waals surface area (Å²) in [6.07, 6.45) is 7.31. The van der Waals surface area contributed by atoms with E-state index in [0.29, 0.717) is 29.1 Å². The van der Waals surface area contributed by atoms with Crippen LogP contribution in [0.15, 0.2) is 79.1 Å². The number of nitrogens with one attached hydrogen (secondary N) is 2. The van der Waals surface area contributed by atoms with E-state index in [1.165, 1.54) is 16.9 Å². The Bertz CT molecular complexity index is 1360. The summed E-state index contributed by atoms with van der Waals surface area (Å²) in [6.45, 7) is 0.398. The largest absolute Gasteiger partial charge is 0.507 e. The molecule has 2 amide bonds. The van der Waals surface area contributed by atoms with Gasteiger partial charge < -0.3 is 15.7 Å². The van der Waals surface area contributed by atoms with Crippen LogP contribution >= 0.6 is 0 Å². The van der Waals surface area contributed by atoms with E-state index >= 15 is 0 Å². The Morgan fingerprint density at radius 2 is 1.81 bits per heavy atom. The lowest BCUT2D eigenvalue weighted by atomic mass is 10.0. The number of nitrogens with zero attached hydrogens (tertiary/aromatic N) is 3. The standard InChI is InChI=1S/C28H27N5O3/c34-26-15-22(31-27(35)21-11-6-14-29-18-21)12-13-23(26)24-16-25(20-9-4-5-10-20)33(32-24)28(36)30-17-19-7-2-1-3-8-19/h1-3,6-8,11-16,18,20,34H,4-5,9-10,17H2,(H,30,36)(H,31,35). The molecule has 2 aromatic carbocycles. The van der Waals surface area contributed by atoms with E-state index in [9.17, 15) is 14.7 Å². The molecule has 2 aromatic heterocycles. The molecule has 36 heavy (non-hydrogen) atoms. The normalized spacial score (nSPS) is 13.4. The lowest BCUT2D eigenvalue weighted by molar-refractivity contribution is 0.102. The molecule has 0 bridgehead atoms. The van der Waals surface area contributed by atoms with Crippen LogP contribution in [0, 0.1) is 0 Å². The molecule has 3 N–H and O–H groups in total. The highest BCUT2D eigenvalue weighted by atomic mass is 16.3. The van der Waals surface area contributed by atoms with Gasteiger partial charge in [0.2, 0.25) is 0 Å². The molecule has 2 heterocycles. The Labute approximate surface area is 209 Å². The number of carbonyl (C=O) groups is 2. The van der Waals surface area contributed by atoms with Crippen LogP contribution in [-0.2, 0) is 6.54 Å². The van der Waals surface area contributed by atoms with Crippen LogP contribution < -0.4 is 10.6 Å². The number of hydrogen-bond donors (Lipinski definition) is 3. The molecule has 8 heteroatoms. The van der Waals surface area contributed by atoms with E-state index in [2.05, 4.69) is 20.7 Å². The quantitative estimate of drug-likeness (QED) is 0.345. The number of amides is 2. The van der Waals surface area contributed by atoms with Gasteiger partial charge in [0, 0.05) is 42.2 Å². The summed E-state index contributed by atoms with van der Waals surface area (Å²) < 4.78 is 1.44. The Balaban J connectivity index is 1.38. The van der Waals surface area contributed by atoms with E-state index in [1.807, 2.05) is 36.4 Å². The maximum atomic E-state index is 13.1. The second-order valence-corrected chi connectivity index (χ2v) is 8.92. The zero-order valence-corrected chi connectivity index (χ0v) is 19.7. The lowest BCUT2D eigenvalue weighted by Crippen LogP contribution is -2.30. The van der Waals surface area contributed by atoms with Gasteiger partial charge in [-0.15, -0.1) is 0 Å². The molecule has 0 unspecified atom stereocenters. The first-order valence-corrected chi connectivity index (χ1v) is 12.1. The van der Waals surface area contributed by atoms with Gasteiger partial charge in [-0.25, -0.2) is 4.79 Å². The first-order chi connectivity index (χ1) is 17.6. The Morgan fingerprint density at radius 3 is 2.53 bits per heavy atom. The van der Waals surface area contributed by atoms with Gasteiger partial charge in [0.05, 0.1) is 17.0 Å². The molecular formula is C28H27N5O3. The molecule has 1 aliphatic carbocycles. The van der Waals surface area contributed by atoms with Gasteiger partial charge >= 0.3 is 6.03 Å². The number of benzene rings is 2. The Morgan fingerprint density at radius 1 is 1.00 bits per heavy atom. The molecule has 0 atom stereocenters. The highest BCUT2D eigenvalue weighted by Crippen LogP contribution is 2.38. The number of phenols is 1. The van der Waals surface area contributed by atoms with Gasteiger partial charge in [0.1, 0.15) is 5.75 Å². The van der Waals surface area contributed by atoms with Crippen molar-refractivity contribution in [1.82, 2.24) is 20.1 Å². The molecule has 0 spiro atoms. The smallest absolute Gasteiger partial charge is 0.342 e. The van der Waals surface area contributed by atoms with Gasteiger partial charge in [0.15, 0.2) is 0 Å². The number of pyridine rings is 1. The average Bonchev–Trinajstić information content (AvgIpc) is 3.59. The maximum Gasteiger partial charge on any atom is 0.342 e. The van der Waals surface area contributed by atoms with E-state index in [-0.39, 0.29) is 23.6 Å². The fourth-order valence-electron chi connectivity index (χ4n) is 4.58. The third-order valence-corrected chi connectivity index (χ3v) is 6.44. The lowest BCUT2D eigenvalue weighted by Gasteiger charge is -2.12. The number of hydrogen-bond acceptors (Lipinski definition) is 5. The zero-order chi connectivity index (χ0) is 24.9. The molecule has 5 rings (SSSR count). The van der Waals surface area contributed by atoms with Gasteiger partial charge in [0.25, 0.3) is 5.91 Å². The molecule has 1 aliphatic rings. The minimum Gasteiger partial charge on any atom is -0.507 e. The minimum absolute atomic E-state index is 0.0358. The van der Waals surface area contributed by atoms with Crippen molar-refractivity contribution in [2.75, 3.05) is 5.32 Å². The number of carbonyl (C=O) groups excluding carboxylic acids is 2. The average molecular weight is 482 g/mol. The minimum atomic E-state index is -0.321. The summed E-state index contributed by atoms with van der Waals surface area (Å²) in [5.41, 5.74) is 3.71. The molecule has 4 aromatic rings. The van der Waals surface area contributed by atoms with E-state index in [4.69, 9.17) is 0 Å². The zero-order valence-electron chi connectivity index (χ0n) is 19.7. The van der Waals surface area contributed by atoms with Crippen molar-refractivity contribution >= 4 is 17.6 Å². The maximum absolute atomic E-state index is 13.1. The van der Waals surface area contributed by atoms with Crippen LogP contribution in [-0.4, -0.2) is 31.8 Å². The van der Waals surface area contributed by atoms with Crippen LogP contribution in [0.3, 0.4) is 0 Å². The first-order valence-electron chi connectivity index (χ1n) is 12.1. The SMILES string of the molecule is O=C(Nc1ccc(-c2cc(C3CCCC3)n(C(=O)NCc3ccccc3)n2)c(O)c1)c1cccnc1. The predicted octanol–water partition coefficient (Wildman–Crippen LogP) is 5.32. The molecule has 1 saturated carbocycles. The number of aromatic hydroxyl groups is 1. The summed E-state index contributed by atoms with van der Waals surface area (Å²) in [6, 6.07) is 19.5. The van der Waals surface area contributed by atoms with Crippen LogP contribution in [0.5, 0.6) is 5.75 Å². The van der Waals surface area contributed by atoms with Crippen molar-refractivity contribution in [2.45, 2.75) is 38.1 Å². The summed E-state index contributed by atoms with van der Waals surface area (Å²) >= 11 is 0. The molecule has 8 nitrogen and oxygen atoms in total. The van der Waals surface area contributed by atoms with Crippen molar-refractivity contribution < 1.29 is 14.7 Å². The van der Waals surface area contributed by atoms with Gasteiger partial charge in [-0.1, -0.05) is 43.2 Å². The summed E-state index contributed by atoms with van der Waals surface area (Å²) in [5.74, 6) is -0.113. The van der Waals surface area contributed by atoms with Crippen LogP contribution in [0.4, 0.5) is 10.5 Å². The first kappa shape index (κ1) is 23.3. The van der Waals surface area contributed by atoms with Gasteiger partial charge in [-0.2, -0.15) is 9.78 Å². The third-order valence-electron chi connectivity index (χ3n) is 6.44. The molecule has 0 saturated heterocycles. The molecule has 0 radical (unpaired) electrons. The monoisotopic (exact) mass is 481 g/mol. The van der Waals surface area contributed by atoms with Gasteiger partial charge in [-0.3, -0.25) is 9.78 Å². The van der Waals surface area contributed by atoms with Crippen molar-refractivity contribution in [3.63, 3.8) is 0 Å². The molecule has 182 valence electrons. The summed E-state index contributed by atoms with van der Waals surface area (Å²) in [7, 11) is 0.